The zero-order valence-corrected chi connectivity index (χ0v) is 15.3. The summed E-state index contributed by atoms with van der Waals surface area (Å²) < 4.78 is 7.46. The van der Waals surface area contributed by atoms with E-state index < -0.39 is 0 Å². The first-order valence-corrected chi connectivity index (χ1v) is 8.58. The minimum atomic E-state index is 0.629. The van der Waals surface area contributed by atoms with E-state index in [0.717, 1.165) is 45.4 Å². The van der Waals surface area contributed by atoms with Crippen molar-refractivity contribution >= 4 is 44.3 Å². The van der Waals surface area contributed by atoms with Gasteiger partial charge in [0.25, 0.3) is 0 Å². The number of furan rings is 1. The van der Waals surface area contributed by atoms with Crippen LogP contribution < -0.4 is 5.32 Å². The Morgan fingerprint density at radius 2 is 2.10 bits per heavy atom. The molecule has 0 aromatic carbocycles. The summed E-state index contributed by atoms with van der Waals surface area (Å²) >= 11 is 5.78. The van der Waals surface area contributed by atoms with Gasteiger partial charge in [0.1, 0.15) is 5.82 Å². The van der Waals surface area contributed by atoms with Crippen LogP contribution >= 0.6 is 38.5 Å². The third-order valence-electron chi connectivity index (χ3n) is 2.77. The van der Waals surface area contributed by atoms with Crippen LogP contribution in [0.3, 0.4) is 0 Å². The van der Waals surface area contributed by atoms with Gasteiger partial charge in [0.05, 0.1) is 20.0 Å². The molecule has 20 heavy (non-hydrogen) atoms. The lowest BCUT2D eigenvalue weighted by Crippen LogP contribution is -2.09. The van der Waals surface area contributed by atoms with Gasteiger partial charge in [0.15, 0.2) is 11.6 Å². The summed E-state index contributed by atoms with van der Waals surface area (Å²) in [7, 11) is 0. The number of hydrogen-bond acceptors (Lipinski definition) is 4. The van der Waals surface area contributed by atoms with E-state index in [9.17, 15) is 0 Å². The van der Waals surface area contributed by atoms with Gasteiger partial charge in [-0.25, -0.2) is 9.97 Å². The van der Waals surface area contributed by atoms with Crippen molar-refractivity contribution in [3.8, 4) is 11.6 Å². The molecule has 0 radical (unpaired) electrons. The van der Waals surface area contributed by atoms with Crippen molar-refractivity contribution in [1.29, 1.82) is 0 Å². The molecule has 2 rings (SSSR count). The second kappa shape index (κ2) is 7.40. The third-order valence-corrected chi connectivity index (χ3v) is 4.53. The molecule has 2 heterocycles. The maximum Gasteiger partial charge on any atom is 0.199 e. The van der Waals surface area contributed by atoms with E-state index in [0.29, 0.717) is 11.6 Å². The van der Waals surface area contributed by atoms with E-state index in [-0.39, 0.29) is 0 Å². The molecule has 0 saturated carbocycles. The maximum absolute atomic E-state index is 5.48. The Hall–Kier alpha value is -0.630. The Bertz CT molecular complexity index is 586. The van der Waals surface area contributed by atoms with Gasteiger partial charge in [-0.3, -0.25) is 0 Å². The summed E-state index contributed by atoms with van der Waals surface area (Å²) in [5, 5.41) is 3.37. The Morgan fingerprint density at radius 1 is 1.30 bits per heavy atom. The molecule has 0 aliphatic carbocycles. The zero-order chi connectivity index (χ0) is 14.5. The average molecular weight is 450 g/mol. The molecule has 0 atom stereocenters. The highest BCUT2D eigenvalue weighted by Crippen LogP contribution is 2.30. The molecule has 0 spiro atoms. The number of aryl methyl sites for hydroxylation is 1. The fourth-order valence-electron chi connectivity index (χ4n) is 1.81. The van der Waals surface area contributed by atoms with Crippen LogP contribution in [-0.4, -0.2) is 16.5 Å². The lowest BCUT2D eigenvalue weighted by atomic mass is 10.2. The van der Waals surface area contributed by atoms with Crippen molar-refractivity contribution in [3.63, 3.8) is 0 Å². The fourth-order valence-corrected chi connectivity index (χ4v) is 2.89. The molecule has 0 saturated heterocycles. The summed E-state index contributed by atoms with van der Waals surface area (Å²) in [6, 6.07) is 1.86. The van der Waals surface area contributed by atoms with Crippen molar-refractivity contribution in [2.24, 2.45) is 0 Å². The first-order valence-electron chi connectivity index (χ1n) is 6.71. The standard InChI is InChI=1S/C14H17BrIN3O/c1-3-5-10-11(16)13(17-7-4-2)19-14(18-10)12-9(15)6-8-20-12/h6,8H,3-5,7H2,1-2H3,(H,17,18,19). The minimum Gasteiger partial charge on any atom is -0.460 e. The highest BCUT2D eigenvalue weighted by atomic mass is 127. The molecular formula is C14H17BrIN3O. The number of nitrogens with one attached hydrogen (secondary N) is 1. The molecule has 0 fully saturated rings. The third kappa shape index (κ3) is 3.52. The Balaban J connectivity index is 2.46. The van der Waals surface area contributed by atoms with Crippen LogP contribution in [0.4, 0.5) is 5.82 Å². The predicted octanol–water partition coefficient (Wildman–Crippen LogP) is 4.88. The van der Waals surface area contributed by atoms with E-state index in [2.05, 4.69) is 67.7 Å². The van der Waals surface area contributed by atoms with Crippen molar-refractivity contribution in [3.05, 3.63) is 26.1 Å². The SMILES string of the molecule is CCCNc1nc(-c2occc2Br)nc(CCC)c1I. The smallest absolute Gasteiger partial charge is 0.199 e. The quantitative estimate of drug-likeness (QED) is 0.638. The molecule has 2 aromatic rings. The highest BCUT2D eigenvalue weighted by Gasteiger charge is 2.16. The highest BCUT2D eigenvalue weighted by molar-refractivity contribution is 14.1. The van der Waals surface area contributed by atoms with Crippen LogP contribution in [0, 0.1) is 3.57 Å². The molecular weight excluding hydrogens is 433 g/mol. The summed E-state index contributed by atoms with van der Waals surface area (Å²) in [4.78, 5) is 9.25. The summed E-state index contributed by atoms with van der Waals surface area (Å²) in [5.41, 5.74) is 1.07. The van der Waals surface area contributed by atoms with Crippen LogP contribution in [0.25, 0.3) is 11.6 Å². The normalized spacial score (nSPS) is 10.8. The van der Waals surface area contributed by atoms with E-state index in [1.54, 1.807) is 6.26 Å². The number of rotatable bonds is 6. The Kier molecular flexibility index (Phi) is 5.83. The number of hydrogen-bond donors (Lipinski definition) is 1. The number of aromatic nitrogens is 2. The Labute approximate surface area is 141 Å². The fraction of sp³-hybridized carbons (Fsp3) is 0.429. The largest absolute Gasteiger partial charge is 0.460 e. The number of nitrogens with zero attached hydrogens (tertiary/aromatic N) is 2. The van der Waals surface area contributed by atoms with Crippen molar-refractivity contribution in [2.75, 3.05) is 11.9 Å². The second-order valence-corrected chi connectivity index (χ2v) is 6.36. The molecule has 0 aliphatic rings. The number of halogens is 2. The van der Waals surface area contributed by atoms with Gasteiger partial charge in [0.2, 0.25) is 0 Å². The zero-order valence-electron chi connectivity index (χ0n) is 11.5. The molecule has 1 N–H and O–H groups in total. The lowest BCUT2D eigenvalue weighted by molar-refractivity contribution is 0.575. The topological polar surface area (TPSA) is 51.0 Å². The van der Waals surface area contributed by atoms with Crippen LogP contribution in [0.5, 0.6) is 0 Å². The molecule has 0 bridgehead atoms. The van der Waals surface area contributed by atoms with Crippen LogP contribution in [0.2, 0.25) is 0 Å². The summed E-state index contributed by atoms with van der Waals surface area (Å²) in [5.74, 6) is 2.20. The van der Waals surface area contributed by atoms with Crippen molar-refractivity contribution < 1.29 is 4.42 Å². The summed E-state index contributed by atoms with van der Waals surface area (Å²) in [6.07, 6.45) is 4.69. The molecule has 4 nitrogen and oxygen atoms in total. The molecule has 108 valence electrons. The first-order chi connectivity index (χ1) is 9.67. The molecule has 6 heteroatoms. The van der Waals surface area contributed by atoms with Crippen LogP contribution in [0.1, 0.15) is 32.4 Å². The van der Waals surface area contributed by atoms with E-state index in [1.165, 1.54) is 0 Å². The lowest BCUT2D eigenvalue weighted by Gasteiger charge is -2.11. The van der Waals surface area contributed by atoms with E-state index in [4.69, 9.17) is 4.42 Å². The van der Waals surface area contributed by atoms with E-state index >= 15 is 0 Å². The average Bonchev–Trinajstić information content (AvgIpc) is 2.86. The second-order valence-electron chi connectivity index (χ2n) is 4.43. The number of anilines is 1. The van der Waals surface area contributed by atoms with Gasteiger partial charge >= 0.3 is 0 Å². The Morgan fingerprint density at radius 3 is 2.70 bits per heavy atom. The van der Waals surface area contributed by atoms with E-state index in [1.807, 2.05) is 6.07 Å². The van der Waals surface area contributed by atoms with Gasteiger partial charge < -0.3 is 9.73 Å². The maximum atomic E-state index is 5.48. The van der Waals surface area contributed by atoms with Gasteiger partial charge in [-0.15, -0.1) is 0 Å². The van der Waals surface area contributed by atoms with Gasteiger partial charge in [-0.05, 0) is 57.4 Å². The van der Waals surface area contributed by atoms with Gasteiger partial charge in [0, 0.05) is 6.54 Å². The van der Waals surface area contributed by atoms with Crippen LogP contribution in [0.15, 0.2) is 21.2 Å². The minimum absolute atomic E-state index is 0.629. The molecule has 0 aliphatic heterocycles. The van der Waals surface area contributed by atoms with Gasteiger partial charge in [-0.1, -0.05) is 20.3 Å². The van der Waals surface area contributed by atoms with Crippen LogP contribution in [-0.2, 0) is 6.42 Å². The van der Waals surface area contributed by atoms with Crippen molar-refractivity contribution in [1.82, 2.24) is 9.97 Å². The summed E-state index contributed by atoms with van der Waals surface area (Å²) in [6.45, 7) is 5.19. The van der Waals surface area contributed by atoms with Crippen molar-refractivity contribution in [2.45, 2.75) is 33.1 Å². The molecule has 0 amide bonds. The molecule has 2 aromatic heterocycles. The first kappa shape index (κ1) is 15.8. The predicted molar refractivity (Wildman–Crippen MR) is 92.9 cm³/mol. The van der Waals surface area contributed by atoms with Gasteiger partial charge in [-0.2, -0.15) is 0 Å². The molecule has 0 unspecified atom stereocenters. The monoisotopic (exact) mass is 449 g/mol.